The number of hydrogen-bond donors (Lipinski definition) is 2. The topological polar surface area (TPSA) is 50.4 Å². The molecule has 0 fully saturated rings. The van der Waals surface area contributed by atoms with Crippen molar-refractivity contribution in [2.75, 3.05) is 20.2 Å². The normalized spacial score (nSPS) is 14.9. The van der Waals surface area contributed by atoms with Gasteiger partial charge in [-0.25, -0.2) is 0 Å². The van der Waals surface area contributed by atoms with Crippen LogP contribution in [-0.2, 0) is 17.7 Å². The van der Waals surface area contributed by atoms with Crippen LogP contribution in [0.2, 0.25) is 0 Å². The fourth-order valence-electron chi connectivity index (χ4n) is 2.09. The van der Waals surface area contributed by atoms with Crippen LogP contribution < -0.4 is 10.6 Å². The predicted molar refractivity (Wildman–Crippen MR) is 75.3 cm³/mol. The minimum Gasteiger partial charge on any atom is -0.377 e. The van der Waals surface area contributed by atoms with Crippen molar-refractivity contribution in [3.05, 3.63) is 34.9 Å². The summed E-state index contributed by atoms with van der Waals surface area (Å²) in [5, 5.41) is 6.23. The fraction of sp³-hybridized carbons (Fsp3) is 0.533. The number of fused-ring (bicyclic) bond motifs is 1. The molecule has 1 heterocycles. The third-order valence-electron chi connectivity index (χ3n) is 3.58. The van der Waals surface area contributed by atoms with Crippen LogP contribution in [0.1, 0.15) is 35.3 Å². The molecule has 0 saturated heterocycles. The first-order chi connectivity index (χ1) is 9.02. The summed E-state index contributed by atoms with van der Waals surface area (Å²) in [6.45, 7) is 6.26. The van der Waals surface area contributed by atoms with Gasteiger partial charge in [0.1, 0.15) is 0 Å². The Morgan fingerprint density at radius 1 is 1.42 bits per heavy atom. The van der Waals surface area contributed by atoms with Gasteiger partial charge in [-0.05, 0) is 50.1 Å². The highest BCUT2D eigenvalue weighted by atomic mass is 16.5. The maximum Gasteiger partial charge on any atom is 0.251 e. The Hall–Kier alpha value is -1.39. The number of hydrogen-bond acceptors (Lipinski definition) is 3. The third-order valence-corrected chi connectivity index (χ3v) is 3.58. The molecule has 0 atom stereocenters. The monoisotopic (exact) mass is 262 g/mol. The van der Waals surface area contributed by atoms with Gasteiger partial charge in [-0.2, -0.15) is 0 Å². The first-order valence-corrected chi connectivity index (χ1v) is 6.68. The van der Waals surface area contributed by atoms with E-state index < -0.39 is 0 Å². The fourth-order valence-corrected chi connectivity index (χ4v) is 2.09. The number of carbonyl (C=O) groups is 1. The van der Waals surface area contributed by atoms with E-state index in [0.717, 1.165) is 19.5 Å². The zero-order chi connectivity index (χ0) is 13.9. The van der Waals surface area contributed by atoms with Crippen LogP contribution in [0, 0.1) is 0 Å². The molecule has 1 aliphatic heterocycles. The summed E-state index contributed by atoms with van der Waals surface area (Å²) in [4.78, 5) is 12.1. The van der Waals surface area contributed by atoms with Crippen molar-refractivity contribution in [3.63, 3.8) is 0 Å². The van der Waals surface area contributed by atoms with Crippen molar-refractivity contribution in [1.82, 2.24) is 10.6 Å². The van der Waals surface area contributed by atoms with Crippen LogP contribution in [-0.4, -0.2) is 31.7 Å². The second-order valence-corrected chi connectivity index (χ2v) is 5.56. The molecule has 1 amide bonds. The first-order valence-electron chi connectivity index (χ1n) is 6.68. The van der Waals surface area contributed by atoms with Crippen LogP contribution in [0.15, 0.2) is 18.2 Å². The van der Waals surface area contributed by atoms with Crippen molar-refractivity contribution >= 4 is 5.91 Å². The maximum atomic E-state index is 12.1. The van der Waals surface area contributed by atoms with E-state index in [1.807, 2.05) is 26.0 Å². The van der Waals surface area contributed by atoms with E-state index in [-0.39, 0.29) is 11.5 Å². The van der Waals surface area contributed by atoms with E-state index >= 15 is 0 Å². The van der Waals surface area contributed by atoms with E-state index in [0.29, 0.717) is 12.1 Å². The maximum absolute atomic E-state index is 12.1. The summed E-state index contributed by atoms with van der Waals surface area (Å²) in [5.41, 5.74) is 2.94. The van der Waals surface area contributed by atoms with Crippen molar-refractivity contribution in [2.45, 2.75) is 32.4 Å². The van der Waals surface area contributed by atoms with E-state index in [1.165, 1.54) is 11.1 Å². The van der Waals surface area contributed by atoms with Crippen LogP contribution in [0.25, 0.3) is 0 Å². The van der Waals surface area contributed by atoms with Gasteiger partial charge in [-0.1, -0.05) is 6.07 Å². The standard InChI is InChI=1S/C15H22N2O2/c1-15(2,19-3)10-17-14(18)12-5-4-11-6-7-16-9-13(11)8-12/h4-5,8,16H,6-7,9-10H2,1-3H3,(H,17,18). The Morgan fingerprint density at radius 3 is 2.95 bits per heavy atom. The van der Waals surface area contributed by atoms with Gasteiger partial charge < -0.3 is 15.4 Å². The lowest BCUT2D eigenvalue weighted by Gasteiger charge is -2.23. The lowest BCUT2D eigenvalue weighted by molar-refractivity contribution is 0.0229. The zero-order valence-corrected chi connectivity index (χ0v) is 11.9. The number of nitrogens with one attached hydrogen (secondary N) is 2. The molecule has 0 spiro atoms. The van der Waals surface area contributed by atoms with Crippen LogP contribution >= 0.6 is 0 Å². The molecule has 4 heteroatoms. The molecule has 19 heavy (non-hydrogen) atoms. The molecule has 0 aliphatic carbocycles. The molecule has 0 unspecified atom stereocenters. The van der Waals surface area contributed by atoms with Gasteiger partial charge in [0.2, 0.25) is 0 Å². The van der Waals surface area contributed by atoms with Crippen LogP contribution in [0.4, 0.5) is 0 Å². The molecule has 0 aromatic heterocycles. The highest BCUT2D eigenvalue weighted by molar-refractivity contribution is 5.94. The number of benzene rings is 1. The average Bonchev–Trinajstić information content (AvgIpc) is 2.44. The summed E-state index contributed by atoms with van der Waals surface area (Å²) in [6.07, 6.45) is 1.04. The summed E-state index contributed by atoms with van der Waals surface area (Å²) in [5.74, 6) is -0.0431. The van der Waals surface area contributed by atoms with Crippen molar-refractivity contribution < 1.29 is 9.53 Å². The molecule has 4 nitrogen and oxygen atoms in total. The molecular weight excluding hydrogens is 240 g/mol. The minimum absolute atomic E-state index is 0.0431. The average molecular weight is 262 g/mol. The molecule has 1 aromatic carbocycles. The van der Waals surface area contributed by atoms with E-state index in [9.17, 15) is 4.79 Å². The van der Waals surface area contributed by atoms with Gasteiger partial charge in [0.25, 0.3) is 5.91 Å². The van der Waals surface area contributed by atoms with Crippen molar-refractivity contribution in [1.29, 1.82) is 0 Å². The van der Waals surface area contributed by atoms with Crippen molar-refractivity contribution in [3.8, 4) is 0 Å². The number of amides is 1. The zero-order valence-electron chi connectivity index (χ0n) is 11.9. The number of ether oxygens (including phenoxy) is 1. The highest BCUT2D eigenvalue weighted by Gasteiger charge is 2.18. The minimum atomic E-state index is -0.342. The Balaban J connectivity index is 2.03. The van der Waals surface area contributed by atoms with E-state index in [2.05, 4.69) is 16.7 Å². The smallest absolute Gasteiger partial charge is 0.251 e. The van der Waals surface area contributed by atoms with Gasteiger partial charge >= 0.3 is 0 Å². The Kier molecular flexibility index (Phi) is 4.22. The number of rotatable bonds is 4. The summed E-state index contributed by atoms with van der Waals surface area (Å²) in [7, 11) is 1.65. The molecule has 0 radical (unpaired) electrons. The van der Waals surface area contributed by atoms with Crippen molar-refractivity contribution in [2.24, 2.45) is 0 Å². The summed E-state index contributed by atoms with van der Waals surface area (Å²) in [6, 6.07) is 5.95. The quantitative estimate of drug-likeness (QED) is 0.864. The SMILES string of the molecule is COC(C)(C)CNC(=O)c1ccc2c(c1)CNCC2. The number of methoxy groups -OCH3 is 1. The van der Waals surface area contributed by atoms with Crippen LogP contribution in [0.3, 0.4) is 0 Å². The van der Waals surface area contributed by atoms with Gasteiger partial charge in [0, 0.05) is 25.8 Å². The predicted octanol–water partition coefficient (Wildman–Crippen LogP) is 1.49. The Labute approximate surface area is 114 Å². The Bertz CT molecular complexity index is 469. The van der Waals surface area contributed by atoms with E-state index in [4.69, 9.17) is 4.74 Å². The summed E-state index contributed by atoms with van der Waals surface area (Å²) >= 11 is 0. The van der Waals surface area contributed by atoms with Gasteiger partial charge in [-0.15, -0.1) is 0 Å². The molecule has 2 rings (SSSR count). The first kappa shape index (κ1) is 14.0. The van der Waals surface area contributed by atoms with Gasteiger partial charge in [0.05, 0.1) is 5.60 Å². The molecule has 1 aromatic rings. The van der Waals surface area contributed by atoms with Crippen LogP contribution in [0.5, 0.6) is 0 Å². The molecule has 0 saturated carbocycles. The molecule has 0 bridgehead atoms. The molecular formula is C15H22N2O2. The van der Waals surface area contributed by atoms with Gasteiger partial charge in [-0.3, -0.25) is 4.79 Å². The summed E-state index contributed by atoms with van der Waals surface area (Å²) < 4.78 is 5.29. The highest BCUT2D eigenvalue weighted by Crippen LogP contribution is 2.16. The lowest BCUT2D eigenvalue weighted by atomic mass is 9.98. The Morgan fingerprint density at radius 2 is 2.21 bits per heavy atom. The number of carbonyl (C=O) groups excluding carboxylic acids is 1. The largest absolute Gasteiger partial charge is 0.377 e. The second kappa shape index (κ2) is 5.72. The molecule has 1 aliphatic rings. The third kappa shape index (κ3) is 3.55. The second-order valence-electron chi connectivity index (χ2n) is 5.56. The van der Waals surface area contributed by atoms with Gasteiger partial charge in [0.15, 0.2) is 0 Å². The lowest BCUT2D eigenvalue weighted by Crippen LogP contribution is -2.39. The molecule has 104 valence electrons. The van der Waals surface area contributed by atoms with E-state index in [1.54, 1.807) is 7.11 Å². The molecule has 2 N–H and O–H groups in total.